The smallest absolute Gasteiger partial charge is 0.272 e. The van der Waals surface area contributed by atoms with Crippen LogP contribution >= 0.6 is 0 Å². The molecule has 0 aliphatic carbocycles. The first-order valence-corrected chi connectivity index (χ1v) is 8.26. The van der Waals surface area contributed by atoms with Gasteiger partial charge in [0.25, 0.3) is 5.91 Å². The molecule has 0 saturated carbocycles. The number of likely N-dealkylation sites (tertiary alicyclic amines) is 1. The van der Waals surface area contributed by atoms with Gasteiger partial charge in [0, 0.05) is 31.8 Å². The summed E-state index contributed by atoms with van der Waals surface area (Å²) in [6, 6.07) is 11.8. The Hall–Kier alpha value is -2.27. The summed E-state index contributed by atoms with van der Waals surface area (Å²) >= 11 is 0. The number of pyridine rings is 1. The Labute approximate surface area is 141 Å². The maximum absolute atomic E-state index is 13.3. The molecule has 0 radical (unpaired) electrons. The highest BCUT2D eigenvalue weighted by molar-refractivity contribution is 5.92. The predicted molar refractivity (Wildman–Crippen MR) is 89.2 cm³/mol. The molecule has 0 unspecified atom stereocenters. The van der Waals surface area contributed by atoms with E-state index in [1.807, 2.05) is 18.2 Å². The van der Waals surface area contributed by atoms with Gasteiger partial charge in [-0.05, 0) is 48.6 Å². The number of hydrogen-bond acceptors (Lipinski definition) is 3. The number of aliphatic hydroxyl groups excluding tert-OH is 1. The van der Waals surface area contributed by atoms with Gasteiger partial charge in [0.15, 0.2) is 0 Å². The van der Waals surface area contributed by atoms with Crippen molar-refractivity contribution in [3.05, 3.63) is 65.2 Å². The zero-order chi connectivity index (χ0) is 16.9. The number of halogens is 1. The number of rotatable bonds is 4. The van der Waals surface area contributed by atoms with Gasteiger partial charge in [0.2, 0.25) is 0 Å². The van der Waals surface area contributed by atoms with E-state index < -0.39 is 0 Å². The van der Waals surface area contributed by atoms with Crippen molar-refractivity contribution in [2.45, 2.75) is 19.3 Å². The van der Waals surface area contributed by atoms with E-state index in [-0.39, 0.29) is 18.3 Å². The minimum atomic E-state index is -0.272. The zero-order valence-corrected chi connectivity index (χ0v) is 13.5. The molecule has 1 aliphatic rings. The van der Waals surface area contributed by atoms with E-state index in [1.165, 1.54) is 12.1 Å². The number of aromatic nitrogens is 1. The molecule has 24 heavy (non-hydrogen) atoms. The first-order chi connectivity index (χ1) is 11.7. The second kappa shape index (κ2) is 7.53. The van der Waals surface area contributed by atoms with Gasteiger partial charge < -0.3 is 10.0 Å². The average molecular weight is 328 g/mol. The molecule has 1 aliphatic heterocycles. The summed E-state index contributed by atoms with van der Waals surface area (Å²) in [4.78, 5) is 18.8. The number of piperidine rings is 1. The van der Waals surface area contributed by atoms with Crippen LogP contribution in [0.25, 0.3) is 0 Å². The molecule has 1 fully saturated rings. The lowest BCUT2D eigenvalue weighted by Gasteiger charge is -2.30. The van der Waals surface area contributed by atoms with E-state index in [0.29, 0.717) is 31.1 Å². The Morgan fingerprint density at radius 1 is 1.21 bits per heavy atom. The maximum atomic E-state index is 13.3. The van der Waals surface area contributed by atoms with Gasteiger partial charge >= 0.3 is 0 Å². The second-order valence-electron chi connectivity index (χ2n) is 6.24. The number of amides is 1. The van der Waals surface area contributed by atoms with Crippen molar-refractivity contribution in [1.82, 2.24) is 9.88 Å². The molecule has 0 spiro atoms. The normalized spacial score (nSPS) is 15.5. The second-order valence-corrected chi connectivity index (χ2v) is 6.24. The van der Waals surface area contributed by atoms with E-state index in [4.69, 9.17) is 0 Å². The molecule has 1 saturated heterocycles. The van der Waals surface area contributed by atoms with Gasteiger partial charge in [-0.15, -0.1) is 0 Å². The molecular formula is C19H21FN2O2. The van der Waals surface area contributed by atoms with E-state index in [0.717, 1.165) is 24.1 Å². The Morgan fingerprint density at radius 3 is 2.67 bits per heavy atom. The minimum absolute atomic E-state index is 0.0764. The van der Waals surface area contributed by atoms with Crippen molar-refractivity contribution in [3.8, 4) is 0 Å². The van der Waals surface area contributed by atoms with Crippen LogP contribution in [0, 0.1) is 11.7 Å². The van der Waals surface area contributed by atoms with E-state index in [9.17, 15) is 14.3 Å². The van der Waals surface area contributed by atoms with Crippen LogP contribution < -0.4 is 0 Å². The van der Waals surface area contributed by atoms with Crippen LogP contribution in [0.5, 0.6) is 0 Å². The molecule has 4 nitrogen and oxygen atoms in total. The van der Waals surface area contributed by atoms with Crippen molar-refractivity contribution in [2.75, 3.05) is 19.7 Å². The van der Waals surface area contributed by atoms with Gasteiger partial charge in [-0.3, -0.25) is 4.79 Å². The highest BCUT2D eigenvalue weighted by Crippen LogP contribution is 2.18. The lowest BCUT2D eigenvalue weighted by atomic mass is 9.97. The molecule has 1 aromatic heterocycles. The number of aliphatic hydroxyl groups is 1. The van der Waals surface area contributed by atoms with Crippen LogP contribution in [-0.2, 0) is 6.42 Å². The number of carbonyl (C=O) groups excluding carboxylic acids is 1. The molecule has 1 amide bonds. The van der Waals surface area contributed by atoms with Crippen molar-refractivity contribution in [3.63, 3.8) is 0 Å². The topological polar surface area (TPSA) is 53.4 Å². The highest BCUT2D eigenvalue weighted by Gasteiger charge is 2.24. The Kier molecular flexibility index (Phi) is 5.20. The molecule has 0 atom stereocenters. The third-order valence-electron chi connectivity index (χ3n) is 4.46. The van der Waals surface area contributed by atoms with Crippen LogP contribution in [0.4, 0.5) is 4.39 Å². The largest absolute Gasteiger partial charge is 0.396 e. The van der Waals surface area contributed by atoms with E-state index in [1.54, 1.807) is 17.0 Å². The fourth-order valence-corrected chi connectivity index (χ4v) is 3.03. The first-order valence-electron chi connectivity index (χ1n) is 8.26. The summed E-state index contributed by atoms with van der Waals surface area (Å²) in [5, 5.41) is 9.19. The molecule has 2 heterocycles. The summed E-state index contributed by atoms with van der Waals surface area (Å²) in [7, 11) is 0. The third-order valence-corrected chi connectivity index (χ3v) is 4.46. The van der Waals surface area contributed by atoms with Crippen molar-refractivity contribution in [1.29, 1.82) is 0 Å². The minimum Gasteiger partial charge on any atom is -0.396 e. The molecule has 0 bridgehead atoms. The third kappa shape index (κ3) is 3.97. The van der Waals surface area contributed by atoms with Crippen LogP contribution in [0.3, 0.4) is 0 Å². The fraction of sp³-hybridized carbons (Fsp3) is 0.368. The number of hydrogen-bond donors (Lipinski definition) is 1. The Morgan fingerprint density at radius 2 is 1.96 bits per heavy atom. The zero-order valence-electron chi connectivity index (χ0n) is 13.5. The van der Waals surface area contributed by atoms with Crippen LogP contribution in [-0.4, -0.2) is 40.6 Å². The summed E-state index contributed by atoms with van der Waals surface area (Å²) in [5.74, 6) is -0.0553. The van der Waals surface area contributed by atoms with Gasteiger partial charge in [-0.1, -0.05) is 18.2 Å². The molecule has 1 aromatic carbocycles. The van der Waals surface area contributed by atoms with Gasteiger partial charge in [-0.2, -0.15) is 0 Å². The number of nitrogens with zero attached hydrogens (tertiary/aromatic N) is 2. The van der Waals surface area contributed by atoms with E-state index >= 15 is 0 Å². The standard InChI is InChI=1S/C19H21FN2O2/c20-16-4-1-3-15(11-16)12-17-5-2-6-18(21-17)19(24)22-9-7-14(13-23)8-10-22/h1-6,11,14,23H,7-10,12-13H2. The molecule has 5 heteroatoms. The van der Waals surface area contributed by atoms with Crippen molar-refractivity contribution in [2.24, 2.45) is 5.92 Å². The molecule has 1 N–H and O–H groups in total. The van der Waals surface area contributed by atoms with Gasteiger partial charge in [-0.25, -0.2) is 9.37 Å². The van der Waals surface area contributed by atoms with E-state index in [2.05, 4.69) is 4.98 Å². The van der Waals surface area contributed by atoms with Crippen LogP contribution in [0.15, 0.2) is 42.5 Å². The number of carbonyl (C=O) groups is 1. The van der Waals surface area contributed by atoms with Crippen molar-refractivity contribution < 1.29 is 14.3 Å². The molecule has 3 rings (SSSR count). The predicted octanol–water partition coefficient (Wildman–Crippen LogP) is 2.66. The lowest BCUT2D eigenvalue weighted by molar-refractivity contribution is 0.0645. The fourth-order valence-electron chi connectivity index (χ4n) is 3.03. The van der Waals surface area contributed by atoms with Gasteiger partial charge in [0.05, 0.1) is 0 Å². The summed E-state index contributed by atoms with van der Waals surface area (Å²) in [5.41, 5.74) is 2.00. The van der Waals surface area contributed by atoms with Crippen molar-refractivity contribution >= 4 is 5.91 Å². The van der Waals surface area contributed by atoms with Crippen LogP contribution in [0.2, 0.25) is 0 Å². The first kappa shape index (κ1) is 16.6. The molecular weight excluding hydrogens is 307 g/mol. The van der Waals surface area contributed by atoms with Gasteiger partial charge in [0.1, 0.15) is 11.5 Å². The quantitative estimate of drug-likeness (QED) is 0.939. The Balaban J connectivity index is 1.69. The summed E-state index contributed by atoms with van der Waals surface area (Å²) in [6.07, 6.45) is 2.14. The SMILES string of the molecule is O=C(c1cccc(Cc2cccc(F)c2)n1)N1CCC(CO)CC1. The molecule has 126 valence electrons. The summed E-state index contributed by atoms with van der Waals surface area (Å²) < 4.78 is 13.3. The maximum Gasteiger partial charge on any atom is 0.272 e. The number of benzene rings is 1. The van der Waals surface area contributed by atoms with Crippen LogP contribution in [0.1, 0.15) is 34.6 Å². The lowest BCUT2D eigenvalue weighted by Crippen LogP contribution is -2.39. The summed E-state index contributed by atoms with van der Waals surface area (Å²) in [6.45, 7) is 1.49. The average Bonchev–Trinajstić information content (AvgIpc) is 2.61. The monoisotopic (exact) mass is 328 g/mol. The Bertz CT molecular complexity index is 712. The highest BCUT2D eigenvalue weighted by atomic mass is 19.1. The molecule has 2 aromatic rings.